The van der Waals surface area contributed by atoms with Gasteiger partial charge in [-0.1, -0.05) is 6.92 Å². The molecule has 5 nitrogen and oxygen atoms in total. The summed E-state index contributed by atoms with van der Waals surface area (Å²) in [6, 6.07) is -0.279. The second-order valence-electron chi connectivity index (χ2n) is 3.75. The quantitative estimate of drug-likeness (QED) is 0.620. The minimum Gasteiger partial charge on any atom is -0.480 e. The van der Waals surface area contributed by atoms with Crippen molar-refractivity contribution in [3.8, 4) is 0 Å². The normalized spacial score (nSPS) is 10.0. The van der Waals surface area contributed by atoms with Gasteiger partial charge in [0, 0.05) is 13.1 Å². The molecule has 0 heterocycles. The van der Waals surface area contributed by atoms with Gasteiger partial charge < -0.3 is 15.3 Å². The van der Waals surface area contributed by atoms with Crippen LogP contribution in [0, 0.1) is 0 Å². The van der Waals surface area contributed by atoms with Crippen LogP contribution < -0.4 is 5.32 Å². The largest absolute Gasteiger partial charge is 0.480 e. The van der Waals surface area contributed by atoms with E-state index in [4.69, 9.17) is 5.11 Å². The van der Waals surface area contributed by atoms with Crippen LogP contribution in [0.25, 0.3) is 0 Å². The third-order valence-corrected chi connectivity index (χ3v) is 2.86. The van der Waals surface area contributed by atoms with Crippen molar-refractivity contribution in [2.45, 2.75) is 26.2 Å². The number of amides is 2. The van der Waals surface area contributed by atoms with Crippen LogP contribution in [0.1, 0.15) is 26.2 Å². The number of hydrogen-bond donors (Lipinski definition) is 2. The number of carboxylic acid groups (broad SMARTS) is 1. The molecule has 2 N–H and O–H groups in total. The molecule has 0 atom stereocenters. The van der Waals surface area contributed by atoms with E-state index in [0.717, 1.165) is 25.0 Å². The Bertz CT molecular complexity index is 237. The maximum atomic E-state index is 11.6. The molecule has 0 saturated carbocycles. The number of unbranched alkanes of at least 4 members (excludes halogenated alkanes) is 1. The molecular weight excluding hydrogens is 240 g/mol. The van der Waals surface area contributed by atoms with E-state index in [1.54, 1.807) is 11.8 Å². The predicted octanol–water partition coefficient (Wildman–Crippen LogP) is 1.64. The smallest absolute Gasteiger partial charge is 0.323 e. The summed E-state index contributed by atoms with van der Waals surface area (Å²) in [5, 5.41) is 11.4. The molecule has 0 saturated heterocycles. The lowest BCUT2D eigenvalue weighted by molar-refractivity contribution is -0.137. The van der Waals surface area contributed by atoms with E-state index >= 15 is 0 Å². The predicted molar refractivity (Wildman–Crippen MR) is 70.5 cm³/mol. The Hall–Kier alpha value is -0.910. The summed E-state index contributed by atoms with van der Waals surface area (Å²) in [5.74, 6) is 0.111. The highest BCUT2D eigenvalue weighted by Gasteiger charge is 2.14. The lowest BCUT2D eigenvalue weighted by Gasteiger charge is -2.20. The van der Waals surface area contributed by atoms with Gasteiger partial charge in [-0.2, -0.15) is 11.8 Å². The zero-order valence-electron chi connectivity index (χ0n) is 10.6. The molecule has 2 amide bonds. The number of urea groups is 1. The highest BCUT2D eigenvalue weighted by atomic mass is 32.2. The molecule has 0 spiro atoms. The van der Waals surface area contributed by atoms with Gasteiger partial charge in [0.05, 0.1) is 0 Å². The molecule has 0 rings (SSSR count). The third kappa shape index (κ3) is 8.85. The third-order valence-electron chi connectivity index (χ3n) is 2.16. The number of carbonyl (C=O) groups excluding carboxylic acids is 1. The van der Waals surface area contributed by atoms with E-state index < -0.39 is 5.97 Å². The van der Waals surface area contributed by atoms with E-state index in [2.05, 4.69) is 11.6 Å². The van der Waals surface area contributed by atoms with Crippen molar-refractivity contribution in [1.82, 2.24) is 10.2 Å². The van der Waals surface area contributed by atoms with Crippen LogP contribution in [0.4, 0.5) is 4.79 Å². The maximum absolute atomic E-state index is 11.6. The highest BCUT2D eigenvalue weighted by Crippen LogP contribution is 1.98. The zero-order chi connectivity index (χ0) is 13.1. The second-order valence-corrected chi connectivity index (χ2v) is 4.73. The van der Waals surface area contributed by atoms with Crippen LogP contribution in [-0.2, 0) is 4.79 Å². The van der Waals surface area contributed by atoms with Crippen molar-refractivity contribution in [2.24, 2.45) is 0 Å². The molecule has 0 aromatic carbocycles. The van der Waals surface area contributed by atoms with Crippen LogP contribution in [0.5, 0.6) is 0 Å². The van der Waals surface area contributed by atoms with Crippen molar-refractivity contribution < 1.29 is 14.7 Å². The summed E-state index contributed by atoms with van der Waals surface area (Å²) in [6.45, 7) is 2.77. The molecule has 0 radical (unpaired) electrons. The van der Waals surface area contributed by atoms with Gasteiger partial charge in [0.15, 0.2) is 0 Å². The first kappa shape index (κ1) is 16.1. The van der Waals surface area contributed by atoms with Crippen LogP contribution >= 0.6 is 11.8 Å². The molecule has 100 valence electrons. The van der Waals surface area contributed by atoms with Crippen LogP contribution in [0.2, 0.25) is 0 Å². The van der Waals surface area contributed by atoms with E-state index in [1.165, 1.54) is 4.90 Å². The van der Waals surface area contributed by atoms with E-state index in [9.17, 15) is 9.59 Å². The fraction of sp³-hybridized carbons (Fsp3) is 0.818. The average Bonchev–Trinajstić information content (AvgIpc) is 2.27. The molecule has 0 aliphatic heterocycles. The molecule has 0 aromatic rings. The second kappa shape index (κ2) is 10.3. The van der Waals surface area contributed by atoms with Gasteiger partial charge in [0.25, 0.3) is 0 Å². The minimum atomic E-state index is -0.976. The summed E-state index contributed by atoms with van der Waals surface area (Å²) in [4.78, 5) is 23.6. The van der Waals surface area contributed by atoms with Gasteiger partial charge >= 0.3 is 12.0 Å². The Labute approximate surface area is 107 Å². The van der Waals surface area contributed by atoms with Gasteiger partial charge in [-0.05, 0) is 31.3 Å². The van der Waals surface area contributed by atoms with Crippen molar-refractivity contribution in [3.05, 3.63) is 0 Å². The van der Waals surface area contributed by atoms with Crippen molar-refractivity contribution in [2.75, 3.05) is 31.6 Å². The average molecular weight is 262 g/mol. The summed E-state index contributed by atoms with van der Waals surface area (Å²) in [7, 11) is 0. The molecule has 0 aliphatic rings. The van der Waals surface area contributed by atoms with Gasteiger partial charge in [-0.3, -0.25) is 4.79 Å². The fourth-order valence-corrected chi connectivity index (χ4v) is 1.86. The van der Waals surface area contributed by atoms with Crippen molar-refractivity contribution in [3.63, 3.8) is 0 Å². The van der Waals surface area contributed by atoms with Gasteiger partial charge in [-0.15, -0.1) is 0 Å². The Balaban J connectivity index is 3.84. The number of carboxylic acids is 1. The topological polar surface area (TPSA) is 69.6 Å². The first-order valence-corrected chi connectivity index (χ1v) is 7.24. The van der Waals surface area contributed by atoms with Gasteiger partial charge in [0.1, 0.15) is 6.54 Å². The molecule has 0 aromatic heterocycles. The number of thioether (sulfide) groups is 1. The summed E-state index contributed by atoms with van der Waals surface area (Å²) in [6.07, 6.45) is 4.80. The monoisotopic (exact) mass is 262 g/mol. The van der Waals surface area contributed by atoms with E-state index in [1.807, 2.05) is 6.92 Å². The summed E-state index contributed by atoms with van der Waals surface area (Å²) in [5.41, 5.74) is 0. The zero-order valence-corrected chi connectivity index (χ0v) is 11.4. The number of nitrogens with zero attached hydrogens (tertiary/aromatic N) is 1. The molecule has 0 bridgehead atoms. The Morgan fingerprint density at radius 1 is 1.35 bits per heavy atom. The van der Waals surface area contributed by atoms with Gasteiger partial charge in [-0.25, -0.2) is 4.79 Å². The number of hydrogen-bond acceptors (Lipinski definition) is 3. The lowest BCUT2D eigenvalue weighted by atomic mass is 10.3. The molecule has 6 heteroatoms. The van der Waals surface area contributed by atoms with Crippen molar-refractivity contribution in [1.29, 1.82) is 0 Å². The van der Waals surface area contributed by atoms with Crippen LogP contribution in [0.15, 0.2) is 0 Å². The molecule has 0 aliphatic carbocycles. The standard InChI is InChI=1S/C11H22N2O3S/c1-3-7-13(9-10(14)15)11(16)12-6-4-5-8-17-2/h3-9H2,1-2H3,(H,12,16)(H,14,15). The van der Waals surface area contributed by atoms with E-state index in [0.29, 0.717) is 13.1 Å². The number of rotatable bonds is 9. The molecule has 17 heavy (non-hydrogen) atoms. The Kier molecular flexibility index (Phi) is 9.71. The lowest BCUT2D eigenvalue weighted by Crippen LogP contribution is -2.43. The Morgan fingerprint density at radius 2 is 2.06 bits per heavy atom. The SMILES string of the molecule is CCCN(CC(=O)O)C(=O)NCCCCSC. The molecule has 0 fully saturated rings. The van der Waals surface area contributed by atoms with Gasteiger partial charge in [0.2, 0.25) is 0 Å². The van der Waals surface area contributed by atoms with Crippen molar-refractivity contribution >= 4 is 23.8 Å². The first-order valence-electron chi connectivity index (χ1n) is 5.85. The fourth-order valence-electron chi connectivity index (χ4n) is 1.36. The molecule has 0 unspecified atom stereocenters. The molecular formula is C11H22N2O3S. The number of aliphatic carboxylic acids is 1. The highest BCUT2D eigenvalue weighted by molar-refractivity contribution is 7.98. The number of nitrogens with one attached hydrogen (secondary N) is 1. The van der Waals surface area contributed by atoms with Crippen LogP contribution in [0.3, 0.4) is 0 Å². The first-order chi connectivity index (χ1) is 8.11. The number of carbonyl (C=O) groups is 2. The maximum Gasteiger partial charge on any atom is 0.323 e. The van der Waals surface area contributed by atoms with E-state index in [-0.39, 0.29) is 12.6 Å². The minimum absolute atomic E-state index is 0.232. The summed E-state index contributed by atoms with van der Waals surface area (Å²) < 4.78 is 0. The van der Waals surface area contributed by atoms with Crippen LogP contribution in [-0.4, -0.2) is 53.6 Å². The Morgan fingerprint density at radius 3 is 2.59 bits per heavy atom. The summed E-state index contributed by atoms with van der Waals surface area (Å²) >= 11 is 1.78.